The average molecular weight is 374 g/mol. The Bertz CT molecular complexity index is 590. The average Bonchev–Trinajstić information content (AvgIpc) is 3.08. The fourth-order valence-electron chi connectivity index (χ4n) is 1.95. The molecule has 1 N–H and O–H groups in total. The van der Waals surface area contributed by atoms with Crippen LogP contribution in [-0.4, -0.2) is 9.55 Å². The second kappa shape index (κ2) is 4.74. The van der Waals surface area contributed by atoms with Crippen molar-refractivity contribution in [2.24, 2.45) is 0 Å². The van der Waals surface area contributed by atoms with Gasteiger partial charge in [-0.3, -0.25) is 0 Å². The predicted molar refractivity (Wildman–Crippen MR) is 82.7 cm³/mol. The Labute approximate surface area is 125 Å². The molecule has 0 saturated heterocycles. The van der Waals surface area contributed by atoms with Crippen LogP contribution in [0.4, 0.5) is 11.6 Å². The molecular weight excluding hydrogens is 361 g/mol. The van der Waals surface area contributed by atoms with E-state index in [1.54, 1.807) is 0 Å². The number of hydrogen-bond acceptors (Lipinski definition) is 2. The summed E-state index contributed by atoms with van der Waals surface area (Å²) in [5.41, 5.74) is 1.94. The van der Waals surface area contributed by atoms with Crippen LogP contribution in [0.2, 0.25) is 5.02 Å². The van der Waals surface area contributed by atoms with E-state index >= 15 is 0 Å². The molecule has 0 unspecified atom stereocenters. The van der Waals surface area contributed by atoms with Crippen LogP contribution < -0.4 is 5.32 Å². The summed E-state index contributed by atoms with van der Waals surface area (Å²) >= 11 is 8.48. The summed E-state index contributed by atoms with van der Waals surface area (Å²) < 4.78 is 3.34. The molecule has 5 heteroatoms. The molecule has 3 nitrogen and oxygen atoms in total. The molecule has 1 saturated carbocycles. The van der Waals surface area contributed by atoms with Crippen LogP contribution in [0.25, 0.3) is 0 Å². The van der Waals surface area contributed by atoms with Gasteiger partial charge in [-0.05, 0) is 60.6 Å². The van der Waals surface area contributed by atoms with Crippen LogP contribution >= 0.6 is 34.2 Å². The highest BCUT2D eigenvalue weighted by atomic mass is 127. The first-order chi connectivity index (χ1) is 8.63. The van der Waals surface area contributed by atoms with E-state index in [4.69, 9.17) is 11.6 Å². The van der Waals surface area contributed by atoms with Gasteiger partial charge in [-0.1, -0.05) is 11.6 Å². The number of rotatable bonds is 3. The summed E-state index contributed by atoms with van der Waals surface area (Å²) in [7, 11) is 0. The first-order valence-corrected chi connectivity index (χ1v) is 7.37. The molecule has 3 rings (SSSR count). The monoisotopic (exact) mass is 373 g/mol. The van der Waals surface area contributed by atoms with E-state index in [1.165, 1.54) is 12.8 Å². The molecule has 0 aliphatic heterocycles. The molecule has 18 heavy (non-hydrogen) atoms. The Morgan fingerprint density at radius 3 is 2.89 bits per heavy atom. The number of imidazole rings is 1. The molecule has 0 spiro atoms. The molecule has 0 atom stereocenters. The van der Waals surface area contributed by atoms with Gasteiger partial charge in [0.15, 0.2) is 0 Å². The van der Waals surface area contributed by atoms with E-state index < -0.39 is 0 Å². The molecule has 1 aliphatic rings. The molecule has 94 valence electrons. The topological polar surface area (TPSA) is 29.9 Å². The van der Waals surface area contributed by atoms with E-state index in [-0.39, 0.29) is 0 Å². The number of nitrogens with zero attached hydrogens (tertiary/aromatic N) is 2. The first-order valence-electron chi connectivity index (χ1n) is 5.91. The van der Waals surface area contributed by atoms with Crippen molar-refractivity contribution >= 4 is 45.8 Å². The SMILES string of the molecule is Cc1cn(C2CC2)c(Nc2ccc(I)cc2Cl)n1. The highest BCUT2D eigenvalue weighted by molar-refractivity contribution is 14.1. The highest BCUT2D eigenvalue weighted by Crippen LogP contribution is 2.38. The molecular formula is C13H13ClIN3. The second-order valence-electron chi connectivity index (χ2n) is 4.59. The Morgan fingerprint density at radius 1 is 1.44 bits per heavy atom. The quantitative estimate of drug-likeness (QED) is 0.801. The van der Waals surface area contributed by atoms with E-state index in [2.05, 4.69) is 43.7 Å². The molecule has 1 aromatic heterocycles. The highest BCUT2D eigenvalue weighted by Gasteiger charge is 2.26. The summed E-state index contributed by atoms with van der Waals surface area (Å²) in [6.07, 6.45) is 4.58. The van der Waals surface area contributed by atoms with E-state index in [1.807, 2.05) is 25.1 Å². The number of halogens is 2. The second-order valence-corrected chi connectivity index (χ2v) is 6.25. The van der Waals surface area contributed by atoms with Gasteiger partial charge in [0.2, 0.25) is 5.95 Å². The van der Waals surface area contributed by atoms with Gasteiger partial charge >= 0.3 is 0 Å². The zero-order valence-corrected chi connectivity index (χ0v) is 12.9. The maximum Gasteiger partial charge on any atom is 0.207 e. The minimum absolute atomic E-state index is 0.608. The number of hydrogen-bond donors (Lipinski definition) is 1. The van der Waals surface area contributed by atoms with Crippen molar-refractivity contribution in [3.8, 4) is 0 Å². The molecule has 0 radical (unpaired) electrons. The summed E-state index contributed by atoms with van der Waals surface area (Å²) in [6.45, 7) is 2.01. The summed E-state index contributed by atoms with van der Waals surface area (Å²) in [5.74, 6) is 0.887. The van der Waals surface area contributed by atoms with Crippen LogP contribution in [0.15, 0.2) is 24.4 Å². The van der Waals surface area contributed by atoms with Gasteiger partial charge < -0.3 is 9.88 Å². The lowest BCUT2D eigenvalue weighted by Gasteiger charge is -2.10. The van der Waals surface area contributed by atoms with Gasteiger partial charge in [-0.25, -0.2) is 4.98 Å². The maximum atomic E-state index is 6.23. The first kappa shape index (κ1) is 12.3. The summed E-state index contributed by atoms with van der Waals surface area (Å²) in [4.78, 5) is 4.52. The Morgan fingerprint density at radius 2 is 2.22 bits per heavy atom. The van der Waals surface area contributed by atoms with Crippen LogP contribution in [0.1, 0.15) is 24.6 Å². The number of aromatic nitrogens is 2. The summed E-state index contributed by atoms with van der Waals surface area (Å²) in [5, 5.41) is 4.05. The lowest BCUT2D eigenvalue weighted by molar-refractivity contribution is 0.750. The van der Waals surface area contributed by atoms with Crippen molar-refractivity contribution < 1.29 is 0 Å². The van der Waals surface area contributed by atoms with Crippen LogP contribution in [-0.2, 0) is 0 Å². The van der Waals surface area contributed by atoms with Crippen molar-refractivity contribution in [3.63, 3.8) is 0 Å². The van der Waals surface area contributed by atoms with Crippen molar-refractivity contribution in [3.05, 3.63) is 38.7 Å². The number of benzene rings is 1. The molecule has 0 amide bonds. The molecule has 2 aromatic rings. The minimum Gasteiger partial charge on any atom is -0.324 e. The van der Waals surface area contributed by atoms with E-state index in [0.717, 1.165) is 25.9 Å². The lowest BCUT2D eigenvalue weighted by Crippen LogP contribution is -2.01. The van der Waals surface area contributed by atoms with Crippen molar-refractivity contribution in [2.75, 3.05) is 5.32 Å². The zero-order valence-electron chi connectivity index (χ0n) is 9.95. The third-order valence-corrected chi connectivity index (χ3v) is 3.95. The minimum atomic E-state index is 0.608. The lowest BCUT2D eigenvalue weighted by atomic mass is 10.3. The number of nitrogens with one attached hydrogen (secondary N) is 1. The normalized spacial score (nSPS) is 14.8. The van der Waals surface area contributed by atoms with Crippen LogP contribution in [0.5, 0.6) is 0 Å². The van der Waals surface area contributed by atoms with Crippen molar-refractivity contribution in [1.29, 1.82) is 0 Å². The van der Waals surface area contributed by atoms with Gasteiger partial charge in [0.05, 0.1) is 16.4 Å². The van der Waals surface area contributed by atoms with Gasteiger partial charge in [-0.15, -0.1) is 0 Å². The van der Waals surface area contributed by atoms with Crippen molar-refractivity contribution in [2.45, 2.75) is 25.8 Å². The molecule has 1 heterocycles. The van der Waals surface area contributed by atoms with E-state index in [9.17, 15) is 0 Å². The summed E-state index contributed by atoms with van der Waals surface area (Å²) in [6, 6.07) is 6.58. The predicted octanol–water partition coefficient (Wildman–Crippen LogP) is 4.53. The standard InChI is InChI=1S/C13H13ClIN3/c1-8-7-18(10-3-4-10)13(16-8)17-12-5-2-9(15)6-11(12)14/h2,5-7,10H,3-4H2,1H3,(H,16,17). The van der Waals surface area contributed by atoms with Gasteiger partial charge in [0.25, 0.3) is 0 Å². The Hall–Kier alpha value is -0.750. The number of aryl methyl sites for hydroxylation is 1. The van der Waals surface area contributed by atoms with E-state index in [0.29, 0.717) is 6.04 Å². The smallest absolute Gasteiger partial charge is 0.207 e. The van der Waals surface area contributed by atoms with Gasteiger partial charge in [0, 0.05) is 15.8 Å². The van der Waals surface area contributed by atoms with Crippen LogP contribution in [0, 0.1) is 10.5 Å². The van der Waals surface area contributed by atoms with Gasteiger partial charge in [-0.2, -0.15) is 0 Å². The largest absolute Gasteiger partial charge is 0.324 e. The molecule has 1 aromatic carbocycles. The maximum absolute atomic E-state index is 6.23. The zero-order chi connectivity index (χ0) is 12.7. The third-order valence-electron chi connectivity index (χ3n) is 2.97. The fourth-order valence-corrected chi connectivity index (χ4v) is 2.85. The molecule has 1 aliphatic carbocycles. The van der Waals surface area contributed by atoms with Crippen LogP contribution in [0.3, 0.4) is 0 Å². The van der Waals surface area contributed by atoms with Crippen molar-refractivity contribution in [1.82, 2.24) is 9.55 Å². The number of anilines is 2. The van der Waals surface area contributed by atoms with Gasteiger partial charge in [0.1, 0.15) is 0 Å². The Kier molecular flexibility index (Phi) is 3.23. The Balaban J connectivity index is 1.91. The molecule has 1 fully saturated rings. The molecule has 0 bridgehead atoms. The third kappa shape index (κ3) is 2.49. The fraction of sp³-hybridized carbons (Fsp3) is 0.308.